The van der Waals surface area contributed by atoms with Crippen molar-refractivity contribution in [1.29, 1.82) is 0 Å². The molecule has 0 amide bonds. The molecule has 1 aromatic rings. The number of aromatic nitrogens is 3. The summed E-state index contributed by atoms with van der Waals surface area (Å²) in [6.45, 7) is 2.93. The van der Waals surface area contributed by atoms with Gasteiger partial charge in [0.25, 0.3) is 0 Å². The van der Waals surface area contributed by atoms with Crippen LogP contribution in [0.3, 0.4) is 0 Å². The lowest BCUT2D eigenvalue weighted by Crippen LogP contribution is -2.45. The van der Waals surface area contributed by atoms with Crippen molar-refractivity contribution in [2.75, 3.05) is 13.2 Å². The minimum Gasteiger partial charge on any atom is -0.375 e. The molecule has 1 unspecified atom stereocenters. The van der Waals surface area contributed by atoms with E-state index >= 15 is 0 Å². The fourth-order valence-corrected chi connectivity index (χ4v) is 3.47. The highest BCUT2D eigenvalue weighted by Gasteiger charge is 2.39. The van der Waals surface area contributed by atoms with Gasteiger partial charge in [-0.15, -0.1) is 5.10 Å². The Hall–Kier alpha value is -0.940. The molecular formula is C14H24N4O. The van der Waals surface area contributed by atoms with Crippen LogP contribution in [0.25, 0.3) is 0 Å². The van der Waals surface area contributed by atoms with Crippen molar-refractivity contribution in [3.8, 4) is 0 Å². The van der Waals surface area contributed by atoms with E-state index in [2.05, 4.69) is 15.6 Å². The highest BCUT2D eigenvalue weighted by Crippen LogP contribution is 2.39. The van der Waals surface area contributed by atoms with Crippen molar-refractivity contribution >= 4 is 0 Å². The molecule has 1 aromatic heterocycles. The first kappa shape index (κ1) is 13.1. The second kappa shape index (κ2) is 6.01. The smallest absolute Gasteiger partial charge is 0.0697 e. The summed E-state index contributed by atoms with van der Waals surface area (Å²) in [5.41, 5.74) is 0.224. The van der Waals surface area contributed by atoms with Crippen LogP contribution in [-0.4, -0.2) is 39.8 Å². The van der Waals surface area contributed by atoms with Crippen LogP contribution in [0.15, 0.2) is 12.4 Å². The summed E-state index contributed by atoms with van der Waals surface area (Å²) in [5, 5.41) is 11.5. The lowest BCUT2D eigenvalue weighted by molar-refractivity contribution is -0.0835. The van der Waals surface area contributed by atoms with Crippen molar-refractivity contribution < 1.29 is 4.74 Å². The maximum absolute atomic E-state index is 6.06. The Labute approximate surface area is 114 Å². The van der Waals surface area contributed by atoms with Crippen molar-refractivity contribution in [3.05, 3.63) is 12.4 Å². The van der Waals surface area contributed by atoms with Crippen LogP contribution in [0.2, 0.25) is 0 Å². The first-order chi connectivity index (χ1) is 9.36. The predicted molar refractivity (Wildman–Crippen MR) is 72.8 cm³/mol. The van der Waals surface area contributed by atoms with E-state index in [9.17, 15) is 0 Å². The van der Waals surface area contributed by atoms with E-state index in [1.165, 1.54) is 32.1 Å². The number of hydrogen-bond acceptors (Lipinski definition) is 4. The average Bonchev–Trinajstić information content (AvgIpc) is 3.07. The van der Waals surface area contributed by atoms with E-state index in [0.717, 1.165) is 32.5 Å². The molecule has 1 saturated carbocycles. The molecule has 5 heteroatoms. The molecule has 1 N–H and O–H groups in total. The molecular weight excluding hydrogens is 240 g/mol. The summed E-state index contributed by atoms with van der Waals surface area (Å²) in [7, 11) is 0. The summed E-state index contributed by atoms with van der Waals surface area (Å²) < 4.78 is 7.95. The van der Waals surface area contributed by atoms with Gasteiger partial charge in [0.05, 0.1) is 11.8 Å². The van der Waals surface area contributed by atoms with E-state index in [0.29, 0.717) is 6.04 Å². The van der Waals surface area contributed by atoms with Gasteiger partial charge in [0.2, 0.25) is 0 Å². The molecule has 2 aliphatic rings. The number of ether oxygens (including phenoxy) is 1. The number of hydrogen-bond donors (Lipinski definition) is 1. The third-order valence-corrected chi connectivity index (χ3v) is 4.48. The molecule has 2 fully saturated rings. The van der Waals surface area contributed by atoms with Crippen LogP contribution in [0.4, 0.5) is 0 Å². The van der Waals surface area contributed by atoms with Crippen molar-refractivity contribution in [2.24, 2.45) is 0 Å². The Morgan fingerprint density at radius 3 is 3.05 bits per heavy atom. The minimum absolute atomic E-state index is 0.224. The third-order valence-electron chi connectivity index (χ3n) is 4.48. The highest BCUT2D eigenvalue weighted by atomic mass is 16.5. The molecule has 5 nitrogen and oxygen atoms in total. The molecule has 1 saturated heterocycles. The average molecular weight is 264 g/mol. The van der Waals surface area contributed by atoms with Gasteiger partial charge in [0.15, 0.2) is 0 Å². The predicted octanol–water partition coefficient (Wildman–Crippen LogP) is 1.75. The molecule has 1 spiro atoms. The third kappa shape index (κ3) is 3.34. The number of nitrogens with zero attached hydrogens (tertiary/aromatic N) is 3. The van der Waals surface area contributed by atoms with Gasteiger partial charge < -0.3 is 10.1 Å². The van der Waals surface area contributed by atoms with Crippen LogP contribution >= 0.6 is 0 Å². The monoisotopic (exact) mass is 264 g/mol. The van der Waals surface area contributed by atoms with Crippen LogP contribution in [0.1, 0.15) is 44.9 Å². The molecule has 0 bridgehead atoms. The fourth-order valence-electron chi connectivity index (χ4n) is 3.47. The molecule has 0 aromatic carbocycles. The summed E-state index contributed by atoms with van der Waals surface area (Å²) in [4.78, 5) is 0. The number of aryl methyl sites for hydroxylation is 1. The second-order valence-electron chi connectivity index (χ2n) is 5.90. The maximum atomic E-state index is 6.06. The lowest BCUT2D eigenvalue weighted by atomic mass is 9.89. The van der Waals surface area contributed by atoms with Crippen LogP contribution in [0.5, 0.6) is 0 Å². The maximum Gasteiger partial charge on any atom is 0.0697 e. The van der Waals surface area contributed by atoms with E-state index in [4.69, 9.17) is 4.74 Å². The Morgan fingerprint density at radius 1 is 1.37 bits per heavy atom. The molecule has 19 heavy (non-hydrogen) atoms. The van der Waals surface area contributed by atoms with Crippen molar-refractivity contribution in [1.82, 2.24) is 20.3 Å². The summed E-state index contributed by atoms with van der Waals surface area (Å²) in [6, 6.07) is 0.641. The minimum atomic E-state index is 0.224. The molecule has 1 aliphatic carbocycles. The van der Waals surface area contributed by atoms with E-state index < -0.39 is 0 Å². The largest absolute Gasteiger partial charge is 0.375 e. The summed E-state index contributed by atoms with van der Waals surface area (Å²) in [5.74, 6) is 0. The molecule has 106 valence electrons. The Bertz CT molecular complexity index is 373. The lowest BCUT2D eigenvalue weighted by Gasteiger charge is -2.38. The normalized spacial score (nSPS) is 26.0. The molecule has 1 aliphatic heterocycles. The van der Waals surface area contributed by atoms with Crippen LogP contribution in [0, 0.1) is 0 Å². The van der Waals surface area contributed by atoms with Crippen molar-refractivity contribution in [3.63, 3.8) is 0 Å². The second-order valence-corrected chi connectivity index (χ2v) is 5.90. The zero-order valence-electron chi connectivity index (χ0n) is 11.6. The zero-order chi connectivity index (χ0) is 13.0. The summed E-state index contributed by atoms with van der Waals surface area (Å²) >= 11 is 0. The molecule has 1 atom stereocenters. The van der Waals surface area contributed by atoms with Gasteiger partial charge >= 0.3 is 0 Å². The molecule has 0 radical (unpaired) electrons. The SMILES string of the molecule is c1cn(CCCNC2CCOC3(CCCC3)C2)nn1. The first-order valence-electron chi connectivity index (χ1n) is 7.58. The quantitative estimate of drug-likeness (QED) is 0.823. The van der Waals surface area contributed by atoms with E-state index in [1.807, 2.05) is 10.9 Å². The van der Waals surface area contributed by atoms with E-state index in [1.54, 1.807) is 6.20 Å². The molecule has 2 heterocycles. The fraction of sp³-hybridized carbons (Fsp3) is 0.857. The van der Waals surface area contributed by atoms with Gasteiger partial charge in [0.1, 0.15) is 0 Å². The van der Waals surface area contributed by atoms with Gasteiger partial charge in [-0.2, -0.15) is 0 Å². The summed E-state index contributed by atoms with van der Waals surface area (Å²) in [6.07, 6.45) is 12.3. The Kier molecular flexibility index (Phi) is 4.13. The first-order valence-corrected chi connectivity index (χ1v) is 7.58. The Balaban J connectivity index is 1.38. The van der Waals surface area contributed by atoms with Gasteiger partial charge in [-0.25, -0.2) is 0 Å². The van der Waals surface area contributed by atoms with Crippen molar-refractivity contribution in [2.45, 2.75) is 63.1 Å². The zero-order valence-corrected chi connectivity index (χ0v) is 11.6. The van der Waals surface area contributed by atoms with Gasteiger partial charge in [-0.3, -0.25) is 4.68 Å². The van der Waals surface area contributed by atoms with Crippen LogP contribution in [-0.2, 0) is 11.3 Å². The van der Waals surface area contributed by atoms with Gasteiger partial charge in [-0.05, 0) is 38.6 Å². The standard InChI is InChI=1S/C14H24N4O/c1-2-6-14(5-1)12-13(4-11-19-14)15-7-3-9-18-10-8-16-17-18/h8,10,13,15H,1-7,9,11-12H2. The topological polar surface area (TPSA) is 52.0 Å². The van der Waals surface area contributed by atoms with E-state index in [-0.39, 0.29) is 5.60 Å². The highest BCUT2D eigenvalue weighted by molar-refractivity contribution is 4.93. The molecule has 3 rings (SSSR count). The number of rotatable bonds is 5. The number of nitrogens with one attached hydrogen (secondary N) is 1. The Morgan fingerprint density at radius 2 is 2.26 bits per heavy atom. The van der Waals surface area contributed by atoms with Gasteiger partial charge in [0, 0.05) is 25.4 Å². The van der Waals surface area contributed by atoms with Gasteiger partial charge in [-0.1, -0.05) is 18.1 Å². The van der Waals surface area contributed by atoms with Crippen LogP contribution < -0.4 is 5.32 Å².